The molecule has 1 aliphatic rings. The van der Waals surface area contributed by atoms with Crippen LogP contribution in [0.3, 0.4) is 0 Å². The minimum absolute atomic E-state index is 0.0121. The normalized spacial score (nSPS) is 16.0. The molecule has 1 saturated heterocycles. The Kier molecular flexibility index (Phi) is 6.15. The number of rotatable bonds is 6. The van der Waals surface area contributed by atoms with Crippen LogP contribution < -0.4 is 15.0 Å². The fraction of sp³-hybridized carbons (Fsp3) is 0.350. The summed E-state index contributed by atoms with van der Waals surface area (Å²) in [6.07, 6.45) is 7.81. The molecule has 2 amide bonds. The molecule has 7 heteroatoms. The molecule has 0 saturated carbocycles. The van der Waals surface area contributed by atoms with Crippen LogP contribution in [0.4, 0.5) is 10.5 Å². The number of halogens is 1. The first-order valence-electron chi connectivity index (χ1n) is 8.70. The number of ether oxygens (including phenoxy) is 1. The van der Waals surface area contributed by atoms with Gasteiger partial charge in [-0.15, -0.1) is 6.42 Å². The minimum Gasteiger partial charge on any atom is -0.495 e. The van der Waals surface area contributed by atoms with E-state index in [9.17, 15) is 4.79 Å². The lowest BCUT2D eigenvalue weighted by atomic mass is 10.2. The molecule has 1 aromatic carbocycles. The summed E-state index contributed by atoms with van der Waals surface area (Å²) in [6.45, 7) is 2.02. The maximum Gasteiger partial charge on any atom is 0.318 e. The average Bonchev–Trinajstić information content (AvgIpc) is 3.33. The maximum atomic E-state index is 12.6. The van der Waals surface area contributed by atoms with Crippen LogP contribution in [-0.2, 0) is 6.54 Å². The molecule has 1 N–H and O–H groups in total. The highest BCUT2D eigenvalue weighted by Gasteiger charge is 2.27. The molecule has 27 heavy (non-hydrogen) atoms. The van der Waals surface area contributed by atoms with Gasteiger partial charge in [0.2, 0.25) is 0 Å². The van der Waals surface area contributed by atoms with Crippen molar-refractivity contribution in [3.8, 4) is 18.1 Å². The van der Waals surface area contributed by atoms with Gasteiger partial charge in [-0.1, -0.05) is 17.5 Å². The lowest BCUT2D eigenvalue weighted by molar-refractivity contribution is 0.194. The molecule has 1 atom stereocenters. The van der Waals surface area contributed by atoms with Crippen molar-refractivity contribution < 1.29 is 13.9 Å². The quantitative estimate of drug-likeness (QED) is 0.772. The van der Waals surface area contributed by atoms with Crippen molar-refractivity contribution in [2.45, 2.75) is 19.0 Å². The van der Waals surface area contributed by atoms with E-state index in [0.717, 1.165) is 24.4 Å². The molecule has 0 aliphatic carbocycles. The summed E-state index contributed by atoms with van der Waals surface area (Å²) in [7, 11) is 1.63. The lowest BCUT2D eigenvalue weighted by Gasteiger charge is -2.24. The molecule has 0 unspecified atom stereocenters. The molecular formula is C20H22ClN3O3. The summed E-state index contributed by atoms with van der Waals surface area (Å²) in [5, 5.41) is 3.71. The van der Waals surface area contributed by atoms with Gasteiger partial charge in [-0.05, 0) is 36.8 Å². The summed E-state index contributed by atoms with van der Waals surface area (Å²) < 4.78 is 10.7. The number of methoxy groups -OCH3 is 1. The second-order valence-corrected chi connectivity index (χ2v) is 6.77. The summed E-state index contributed by atoms with van der Waals surface area (Å²) in [5.74, 6) is 3.98. The van der Waals surface area contributed by atoms with Crippen LogP contribution in [0.25, 0.3) is 0 Å². The zero-order valence-electron chi connectivity index (χ0n) is 15.2. The number of nitrogens with one attached hydrogen (secondary N) is 1. The largest absolute Gasteiger partial charge is 0.495 e. The first kappa shape index (κ1) is 19.0. The van der Waals surface area contributed by atoms with Crippen molar-refractivity contribution in [1.29, 1.82) is 0 Å². The molecule has 0 bridgehead atoms. The number of terminal acetylenes is 1. The molecule has 1 aliphatic heterocycles. The van der Waals surface area contributed by atoms with E-state index in [1.807, 2.05) is 18.2 Å². The Morgan fingerprint density at radius 1 is 1.52 bits per heavy atom. The van der Waals surface area contributed by atoms with Crippen LogP contribution in [-0.4, -0.2) is 43.7 Å². The van der Waals surface area contributed by atoms with E-state index in [0.29, 0.717) is 23.9 Å². The summed E-state index contributed by atoms with van der Waals surface area (Å²) >= 11 is 6.13. The second kappa shape index (κ2) is 8.74. The highest BCUT2D eigenvalue weighted by atomic mass is 35.5. The van der Waals surface area contributed by atoms with Crippen molar-refractivity contribution in [3.63, 3.8) is 0 Å². The molecular weight excluding hydrogens is 366 g/mol. The topological polar surface area (TPSA) is 58.0 Å². The molecule has 0 radical (unpaired) electrons. The van der Waals surface area contributed by atoms with Crippen molar-refractivity contribution in [3.05, 3.63) is 47.4 Å². The Morgan fingerprint density at radius 2 is 2.37 bits per heavy atom. The zero-order chi connectivity index (χ0) is 19.2. The third kappa shape index (κ3) is 4.69. The van der Waals surface area contributed by atoms with Gasteiger partial charge in [-0.2, -0.15) is 0 Å². The molecule has 1 fully saturated rings. The smallest absolute Gasteiger partial charge is 0.318 e. The second-order valence-electron chi connectivity index (χ2n) is 6.34. The van der Waals surface area contributed by atoms with Crippen LogP contribution in [0.2, 0.25) is 5.02 Å². The molecule has 2 heterocycles. The number of nitrogens with zero attached hydrogens (tertiary/aromatic N) is 2. The van der Waals surface area contributed by atoms with E-state index in [2.05, 4.69) is 16.1 Å². The number of urea groups is 1. The zero-order valence-corrected chi connectivity index (χ0v) is 15.9. The van der Waals surface area contributed by atoms with Crippen LogP contribution in [0.5, 0.6) is 5.75 Å². The van der Waals surface area contributed by atoms with E-state index in [1.165, 1.54) is 0 Å². The lowest BCUT2D eigenvalue weighted by Crippen LogP contribution is -2.45. The molecule has 3 rings (SSSR count). The first-order valence-corrected chi connectivity index (χ1v) is 9.08. The predicted molar refractivity (Wildman–Crippen MR) is 105 cm³/mol. The van der Waals surface area contributed by atoms with E-state index in [-0.39, 0.29) is 18.6 Å². The van der Waals surface area contributed by atoms with Gasteiger partial charge < -0.3 is 24.3 Å². The number of hydrogen-bond acceptors (Lipinski definition) is 4. The van der Waals surface area contributed by atoms with Crippen molar-refractivity contribution in [2.24, 2.45) is 0 Å². The Hall–Kier alpha value is -2.78. The summed E-state index contributed by atoms with van der Waals surface area (Å²) in [6, 6.07) is 8.94. The highest BCUT2D eigenvalue weighted by molar-refractivity contribution is 6.30. The monoisotopic (exact) mass is 387 g/mol. The standard InChI is InChI=1S/C20H22ClN3O3/c1-3-9-24(14-17-5-4-11-27-17)20(25)22-16-8-10-23(13-16)18-12-15(21)6-7-19(18)26-2/h1,4-7,11-12,16H,8-10,13-14H2,2H3,(H,22,25)/t16-/m1/s1. The van der Waals surface area contributed by atoms with Crippen molar-refractivity contribution >= 4 is 23.3 Å². The molecule has 6 nitrogen and oxygen atoms in total. The van der Waals surface area contributed by atoms with Gasteiger partial charge in [0.25, 0.3) is 0 Å². The number of hydrogen-bond donors (Lipinski definition) is 1. The van der Waals surface area contributed by atoms with Gasteiger partial charge in [0.15, 0.2) is 0 Å². The van der Waals surface area contributed by atoms with Gasteiger partial charge in [0, 0.05) is 24.2 Å². The Morgan fingerprint density at radius 3 is 3.07 bits per heavy atom. The Balaban J connectivity index is 1.62. The highest BCUT2D eigenvalue weighted by Crippen LogP contribution is 2.33. The fourth-order valence-electron chi connectivity index (χ4n) is 3.17. The first-order chi connectivity index (χ1) is 13.1. The van der Waals surface area contributed by atoms with E-state index in [4.69, 9.17) is 27.2 Å². The van der Waals surface area contributed by atoms with Crippen LogP contribution in [0, 0.1) is 12.3 Å². The third-order valence-corrected chi connectivity index (χ3v) is 4.73. The number of benzene rings is 1. The Bertz CT molecular complexity index is 816. The number of carbonyl (C=O) groups excluding carboxylic acids is 1. The van der Waals surface area contributed by atoms with E-state index in [1.54, 1.807) is 30.4 Å². The van der Waals surface area contributed by atoms with E-state index < -0.39 is 0 Å². The Labute approximate surface area is 164 Å². The van der Waals surface area contributed by atoms with Crippen LogP contribution in [0.1, 0.15) is 12.2 Å². The van der Waals surface area contributed by atoms with Crippen molar-refractivity contribution in [2.75, 3.05) is 31.6 Å². The van der Waals surface area contributed by atoms with Gasteiger partial charge in [0.1, 0.15) is 11.5 Å². The maximum absolute atomic E-state index is 12.6. The fourth-order valence-corrected chi connectivity index (χ4v) is 3.34. The minimum atomic E-state index is -0.200. The molecule has 2 aromatic rings. The van der Waals surface area contributed by atoms with Gasteiger partial charge in [-0.25, -0.2) is 4.79 Å². The molecule has 0 spiro atoms. The average molecular weight is 388 g/mol. The molecule has 142 valence electrons. The van der Waals surface area contributed by atoms with E-state index >= 15 is 0 Å². The number of anilines is 1. The summed E-state index contributed by atoms with van der Waals surface area (Å²) in [4.78, 5) is 16.4. The van der Waals surface area contributed by atoms with Crippen LogP contribution in [0.15, 0.2) is 41.0 Å². The number of carbonyl (C=O) groups is 1. The van der Waals surface area contributed by atoms with Gasteiger partial charge in [0.05, 0.1) is 32.1 Å². The third-order valence-electron chi connectivity index (χ3n) is 4.49. The van der Waals surface area contributed by atoms with Crippen molar-refractivity contribution in [1.82, 2.24) is 10.2 Å². The van der Waals surface area contributed by atoms with Gasteiger partial charge >= 0.3 is 6.03 Å². The predicted octanol–water partition coefficient (Wildman–Crippen LogP) is 3.37. The SMILES string of the molecule is C#CCN(Cc1ccco1)C(=O)N[C@@H]1CCN(c2cc(Cl)ccc2OC)C1. The molecule has 1 aromatic heterocycles. The summed E-state index contributed by atoms with van der Waals surface area (Å²) in [5.41, 5.74) is 0.929. The van der Waals surface area contributed by atoms with Crippen LogP contribution >= 0.6 is 11.6 Å². The number of furan rings is 1. The van der Waals surface area contributed by atoms with Gasteiger partial charge in [-0.3, -0.25) is 0 Å². The number of amides is 2.